The fraction of sp³-hybridized carbons (Fsp3) is 0.300. The first-order chi connectivity index (χ1) is 6.15. The van der Waals surface area contributed by atoms with Gasteiger partial charge in [-0.1, -0.05) is 18.2 Å². The van der Waals surface area contributed by atoms with Gasteiger partial charge in [0.15, 0.2) is 0 Å². The highest BCUT2D eigenvalue weighted by Crippen LogP contribution is 2.18. The van der Waals surface area contributed by atoms with Crippen LogP contribution in [0.5, 0.6) is 0 Å². The minimum atomic E-state index is -0.155. The monoisotopic (exact) mass is 213 g/mol. The van der Waals surface area contributed by atoms with Gasteiger partial charge in [-0.3, -0.25) is 4.79 Å². The second-order valence-electron chi connectivity index (χ2n) is 3.02. The molecule has 1 rings (SSSR count). The second kappa shape index (κ2) is 5.62. The van der Waals surface area contributed by atoms with E-state index in [0.717, 1.165) is 16.8 Å². The first-order valence-corrected chi connectivity index (χ1v) is 4.21. The molecule has 0 aliphatic heterocycles. The van der Waals surface area contributed by atoms with Gasteiger partial charge in [-0.25, -0.2) is 0 Å². The van der Waals surface area contributed by atoms with E-state index in [2.05, 4.69) is 5.32 Å². The summed E-state index contributed by atoms with van der Waals surface area (Å²) in [6.07, 6.45) is 0. The summed E-state index contributed by atoms with van der Waals surface area (Å²) in [5.41, 5.74) is 8.20. The number of rotatable bonds is 2. The zero-order valence-electron chi connectivity index (χ0n) is 8.30. The molecule has 14 heavy (non-hydrogen) atoms. The number of nitrogens with two attached hydrogens (primary N) is 1. The van der Waals surface area contributed by atoms with Crippen molar-refractivity contribution < 1.29 is 17.2 Å². The predicted molar refractivity (Wildman–Crippen MR) is 53.6 cm³/mol. The van der Waals surface area contributed by atoms with Crippen LogP contribution in [-0.2, 0) is 4.79 Å². The van der Waals surface area contributed by atoms with Crippen molar-refractivity contribution in [3.63, 3.8) is 0 Å². The average molecular weight is 214 g/mol. The van der Waals surface area contributed by atoms with Crippen LogP contribution in [0.1, 0.15) is 11.1 Å². The molecule has 0 atom stereocenters. The maximum Gasteiger partial charge on any atom is 0.238 e. The number of para-hydroxylation sites is 1. The molecule has 0 aliphatic rings. The molecule has 0 radical (unpaired) electrons. The van der Waals surface area contributed by atoms with Gasteiger partial charge in [0.25, 0.3) is 0 Å². The first-order valence-electron chi connectivity index (χ1n) is 4.21. The number of carbonyl (C=O) groups is 1. The second-order valence-corrected chi connectivity index (χ2v) is 3.02. The van der Waals surface area contributed by atoms with Crippen molar-refractivity contribution in [3.8, 4) is 0 Å². The molecular weight excluding hydrogens is 200 g/mol. The minimum Gasteiger partial charge on any atom is -1.00 e. The molecule has 0 aromatic heterocycles. The van der Waals surface area contributed by atoms with Crippen molar-refractivity contribution in [3.05, 3.63) is 29.3 Å². The standard InChI is InChI=1S/C10H14N2O.ClH/c1-7-4-3-5-8(2)10(7)12-9(13)6-11;/h3-5H,6,11H2,1-2H3,(H,12,13);1H/p-1. The molecule has 0 unspecified atom stereocenters. The molecule has 1 amide bonds. The van der Waals surface area contributed by atoms with Crippen LogP contribution in [0.25, 0.3) is 0 Å². The number of amides is 1. The molecule has 0 bridgehead atoms. The number of halogens is 1. The molecule has 0 spiro atoms. The lowest BCUT2D eigenvalue weighted by molar-refractivity contribution is -0.114. The normalized spacial score (nSPS) is 9.07. The number of hydrogen-bond donors (Lipinski definition) is 2. The van der Waals surface area contributed by atoms with E-state index in [-0.39, 0.29) is 24.9 Å². The molecule has 78 valence electrons. The predicted octanol–water partition coefficient (Wildman–Crippen LogP) is -1.80. The summed E-state index contributed by atoms with van der Waals surface area (Å²) in [5.74, 6) is -0.155. The number of nitrogens with one attached hydrogen (secondary N) is 1. The fourth-order valence-corrected chi connectivity index (χ4v) is 1.20. The molecule has 4 heteroatoms. The third-order valence-electron chi connectivity index (χ3n) is 1.93. The molecule has 3 nitrogen and oxygen atoms in total. The van der Waals surface area contributed by atoms with Crippen molar-refractivity contribution >= 4 is 11.6 Å². The van der Waals surface area contributed by atoms with Gasteiger partial charge in [-0.05, 0) is 25.0 Å². The van der Waals surface area contributed by atoms with E-state index in [4.69, 9.17) is 5.73 Å². The number of carbonyl (C=O) groups excluding carboxylic acids is 1. The fourth-order valence-electron chi connectivity index (χ4n) is 1.20. The maximum absolute atomic E-state index is 11.0. The maximum atomic E-state index is 11.0. The van der Waals surface area contributed by atoms with E-state index < -0.39 is 0 Å². The Kier molecular flexibility index (Phi) is 5.20. The summed E-state index contributed by atoms with van der Waals surface area (Å²) in [5, 5.41) is 2.76. The van der Waals surface area contributed by atoms with Crippen LogP contribution in [0.4, 0.5) is 5.69 Å². The summed E-state index contributed by atoms with van der Waals surface area (Å²) in [4.78, 5) is 11.0. The van der Waals surface area contributed by atoms with Crippen molar-refractivity contribution in [2.24, 2.45) is 5.73 Å². The number of aryl methyl sites for hydroxylation is 2. The number of anilines is 1. The van der Waals surface area contributed by atoms with Crippen molar-refractivity contribution in [1.82, 2.24) is 0 Å². The van der Waals surface area contributed by atoms with Gasteiger partial charge >= 0.3 is 0 Å². The van der Waals surface area contributed by atoms with E-state index in [1.807, 2.05) is 32.0 Å². The summed E-state index contributed by atoms with van der Waals surface area (Å²) in [6, 6.07) is 5.88. The highest BCUT2D eigenvalue weighted by Gasteiger charge is 2.04. The van der Waals surface area contributed by atoms with Crippen LogP contribution < -0.4 is 23.5 Å². The van der Waals surface area contributed by atoms with Gasteiger partial charge in [0.1, 0.15) is 0 Å². The summed E-state index contributed by atoms with van der Waals surface area (Å²) in [7, 11) is 0. The Morgan fingerprint density at radius 3 is 2.29 bits per heavy atom. The smallest absolute Gasteiger partial charge is 0.238 e. The SMILES string of the molecule is Cc1cccc(C)c1NC(=O)CN.[Cl-]. The van der Waals surface area contributed by atoms with E-state index in [1.165, 1.54) is 0 Å². The van der Waals surface area contributed by atoms with Gasteiger partial charge in [0.2, 0.25) is 5.91 Å². The van der Waals surface area contributed by atoms with Crippen LogP contribution in [0.15, 0.2) is 18.2 Å². The molecular formula is C10H14ClN2O-. The van der Waals surface area contributed by atoms with Gasteiger partial charge < -0.3 is 23.5 Å². The highest BCUT2D eigenvalue weighted by atomic mass is 35.5. The molecule has 0 heterocycles. The Balaban J connectivity index is 0.00000169. The molecule has 0 saturated heterocycles. The van der Waals surface area contributed by atoms with E-state index >= 15 is 0 Å². The van der Waals surface area contributed by atoms with Gasteiger partial charge in [0.05, 0.1) is 6.54 Å². The highest BCUT2D eigenvalue weighted by molar-refractivity contribution is 5.93. The lowest BCUT2D eigenvalue weighted by Gasteiger charge is -2.09. The zero-order valence-corrected chi connectivity index (χ0v) is 9.06. The quantitative estimate of drug-likeness (QED) is 0.610. The summed E-state index contributed by atoms with van der Waals surface area (Å²) < 4.78 is 0. The topological polar surface area (TPSA) is 55.1 Å². The van der Waals surface area contributed by atoms with E-state index in [1.54, 1.807) is 0 Å². The number of benzene rings is 1. The molecule has 0 aliphatic carbocycles. The zero-order chi connectivity index (χ0) is 9.84. The van der Waals surface area contributed by atoms with Crippen molar-refractivity contribution in [1.29, 1.82) is 0 Å². The largest absolute Gasteiger partial charge is 1.00 e. The first kappa shape index (κ1) is 12.9. The molecule has 1 aromatic rings. The Morgan fingerprint density at radius 2 is 1.86 bits per heavy atom. The Hall–Kier alpha value is -1.06. The number of hydrogen-bond acceptors (Lipinski definition) is 2. The molecule has 0 fully saturated rings. The van der Waals surface area contributed by atoms with Crippen LogP contribution in [0.3, 0.4) is 0 Å². The minimum absolute atomic E-state index is 0. The Morgan fingerprint density at radius 1 is 1.36 bits per heavy atom. The Labute approximate surface area is 90.1 Å². The lowest BCUT2D eigenvalue weighted by atomic mass is 10.1. The molecule has 1 aromatic carbocycles. The van der Waals surface area contributed by atoms with E-state index in [0.29, 0.717) is 0 Å². The molecule has 3 N–H and O–H groups in total. The van der Waals surface area contributed by atoms with Gasteiger partial charge in [-0.15, -0.1) is 0 Å². The third kappa shape index (κ3) is 3.01. The van der Waals surface area contributed by atoms with Crippen molar-refractivity contribution in [2.45, 2.75) is 13.8 Å². The van der Waals surface area contributed by atoms with Crippen LogP contribution in [0, 0.1) is 13.8 Å². The third-order valence-corrected chi connectivity index (χ3v) is 1.93. The van der Waals surface area contributed by atoms with Crippen LogP contribution in [-0.4, -0.2) is 12.5 Å². The van der Waals surface area contributed by atoms with Gasteiger partial charge in [0, 0.05) is 5.69 Å². The Bertz CT molecular complexity index is 306. The lowest BCUT2D eigenvalue weighted by Crippen LogP contribution is -3.00. The van der Waals surface area contributed by atoms with Crippen LogP contribution in [0.2, 0.25) is 0 Å². The summed E-state index contributed by atoms with van der Waals surface area (Å²) in [6.45, 7) is 3.94. The van der Waals surface area contributed by atoms with Crippen LogP contribution >= 0.6 is 0 Å². The van der Waals surface area contributed by atoms with Gasteiger partial charge in [-0.2, -0.15) is 0 Å². The molecule has 0 saturated carbocycles. The average Bonchev–Trinajstić information content (AvgIpc) is 2.11. The van der Waals surface area contributed by atoms with E-state index in [9.17, 15) is 4.79 Å². The summed E-state index contributed by atoms with van der Waals surface area (Å²) >= 11 is 0. The van der Waals surface area contributed by atoms with Crippen molar-refractivity contribution in [2.75, 3.05) is 11.9 Å².